The highest BCUT2D eigenvalue weighted by Crippen LogP contribution is 2.18. The van der Waals surface area contributed by atoms with E-state index in [-0.39, 0.29) is 6.61 Å². The van der Waals surface area contributed by atoms with Gasteiger partial charge in [-0.2, -0.15) is 0 Å². The molecule has 0 aliphatic rings. The van der Waals surface area contributed by atoms with Gasteiger partial charge in [-0.3, -0.25) is 0 Å². The predicted octanol–water partition coefficient (Wildman–Crippen LogP) is 0.751. The molecule has 8 heteroatoms. The van der Waals surface area contributed by atoms with Crippen LogP contribution in [-0.4, -0.2) is 50.9 Å². The standard InChI is InChI=1S/C12H16N4O3S/c1-16-12(13-14-15-16)20-8-9(17)7-19-11-5-3-10(18-2)4-6-11/h3-6,9,17H,7-8H2,1-2H3/t9-/m1/s1. The third kappa shape index (κ3) is 4.10. The lowest BCUT2D eigenvalue weighted by Crippen LogP contribution is -2.20. The van der Waals surface area contributed by atoms with Gasteiger partial charge in [0, 0.05) is 12.8 Å². The van der Waals surface area contributed by atoms with Crippen LogP contribution >= 0.6 is 11.8 Å². The van der Waals surface area contributed by atoms with Crippen molar-refractivity contribution in [1.82, 2.24) is 20.2 Å². The zero-order valence-electron chi connectivity index (χ0n) is 11.3. The Balaban J connectivity index is 1.74. The van der Waals surface area contributed by atoms with Crippen molar-refractivity contribution in [3.63, 3.8) is 0 Å². The summed E-state index contributed by atoms with van der Waals surface area (Å²) in [5, 5.41) is 21.6. The Morgan fingerprint density at radius 1 is 1.30 bits per heavy atom. The lowest BCUT2D eigenvalue weighted by molar-refractivity contribution is 0.126. The van der Waals surface area contributed by atoms with E-state index in [2.05, 4.69) is 15.5 Å². The van der Waals surface area contributed by atoms with E-state index in [9.17, 15) is 5.11 Å². The van der Waals surface area contributed by atoms with Crippen molar-refractivity contribution in [1.29, 1.82) is 0 Å². The molecule has 1 aromatic heterocycles. The zero-order chi connectivity index (χ0) is 14.4. The van der Waals surface area contributed by atoms with Crippen molar-refractivity contribution < 1.29 is 14.6 Å². The maximum atomic E-state index is 9.85. The van der Waals surface area contributed by atoms with Crippen molar-refractivity contribution in [3.8, 4) is 11.5 Å². The Kier molecular flexibility index (Phi) is 5.19. The van der Waals surface area contributed by atoms with Gasteiger partial charge < -0.3 is 14.6 Å². The maximum absolute atomic E-state index is 9.85. The summed E-state index contributed by atoms with van der Waals surface area (Å²) < 4.78 is 12.1. The van der Waals surface area contributed by atoms with E-state index >= 15 is 0 Å². The van der Waals surface area contributed by atoms with Gasteiger partial charge in [0.2, 0.25) is 5.16 Å². The van der Waals surface area contributed by atoms with Crippen LogP contribution in [0.3, 0.4) is 0 Å². The van der Waals surface area contributed by atoms with Crippen molar-refractivity contribution in [2.75, 3.05) is 19.5 Å². The second-order valence-electron chi connectivity index (χ2n) is 4.04. The van der Waals surface area contributed by atoms with E-state index in [1.807, 2.05) is 12.1 Å². The number of benzene rings is 1. The van der Waals surface area contributed by atoms with E-state index in [0.29, 0.717) is 16.7 Å². The van der Waals surface area contributed by atoms with Crippen LogP contribution in [0, 0.1) is 0 Å². The van der Waals surface area contributed by atoms with Crippen LogP contribution in [0.4, 0.5) is 0 Å². The number of aliphatic hydroxyl groups is 1. The fourth-order valence-electron chi connectivity index (χ4n) is 1.43. The molecular weight excluding hydrogens is 280 g/mol. The quantitative estimate of drug-likeness (QED) is 0.755. The molecule has 7 nitrogen and oxygen atoms in total. The lowest BCUT2D eigenvalue weighted by Gasteiger charge is -2.11. The molecule has 2 aromatic rings. The number of methoxy groups -OCH3 is 1. The molecule has 20 heavy (non-hydrogen) atoms. The molecule has 0 saturated carbocycles. The summed E-state index contributed by atoms with van der Waals surface area (Å²) >= 11 is 1.38. The molecule has 0 fully saturated rings. The van der Waals surface area contributed by atoms with E-state index in [1.165, 1.54) is 11.8 Å². The largest absolute Gasteiger partial charge is 0.497 e. The SMILES string of the molecule is COc1ccc(OC[C@@H](O)CSc2nnnn2C)cc1. The van der Waals surface area contributed by atoms with Crippen molar-refractivity contribution >= 4 is 11.8 Å². The fraction of sp³-hybridized carbons (Fsp3) is 0.417. The Labute approximate surface area is 120 Å². The summed E-state index contributed by atoms with van der Waals surface area (Å²) in [7, 11) is 3.36. The minimum absolute atomic E-state index is 0.213. The molecule has 1 aromatic carbocycles. The minimum atomic E-state index is -0.598. The van der Waals surface area contributed by atoms with Crippen LogP contribution in [0.25, 0.3) is 0 Å². The molecule has 0 aliphatic heterocycles. The summed E-state index contributed by atoms with van der Waals surface area (Å²) in [6, 6.07) is 7.21. The zero-order valence-corrected chi connectivity index (χ0v) is 12.1. The van der Waals surface area contributed by atoms with Gasteiger partial charge in [-0.1, -0.05) is 11.8 Å². The molecule has 2 rings (SSSR count). The highest BCUT2D eigenvalue weighted by atomic mass is 32.2. The number of hydrogen-bond acceptors (Lipinski definition) is 7. The molecule has 1 atom stereocenters. The molecule has 0 amide bonds. The number of ether oxygens (including phenoxy) is 2. The number of nitrogens with zero attached hydrogens (tertiary/aromatic N) is 4. The van der Waals surface area contributed by atoms with E-state index in [0.717, 1.165) is 5.75 Å². The second-order valence-corrected chi connectivity index (χ2v) is 5.02. The molecule has 108 valence electrons. The molecule has 1 N–H and O–H groups in total. The first kappa shape index (κ1) is 14.6. The van der Waals surface area contributed by atoms with Gasteiger partial charge in [-0.15, -0.1) is 5.10 Å². The Bertz CT molecular complexity index is 532. The smallest absolute Gasteiger partial charge is 0.209 e. The first-order chi connectivity index (χ1) is 9.69. The van der Waals surface area contributed by atoms with Crippen LogP contribution in [0.5, 0.6) is 11.5 Å². The molecule has 1 heterocycles. The van der Waals surface area contributed by atoms with E-state index in [4.69, 9.17) is 9.47 Å². The minimum Gasteiger partial charge on any atom is -0.497 e. The Hall–Kier alpha value is -1.80. The van der Waals surface area contributed by atoms with Gasteiger partial charge in [0.05, 0.1) is 13.2 Å². The molecule has 0 radical (unpaired) electrons. The summed E-state index contributed by atoms with van der Waals surface area (Å²) in [4.78, 5) is 0. The first-order valence-electron chi connectivity index (χ1n) is 5.99. The topological polar surface area (TPSA) is 82.3 Å². The molecule has 0 unspecified atom stereocenters. The number of aryl methyl sites for hydroxylation is 1. The normalized spacial score (nSPS) is 12.2. The lowest BCUT2D eigenvalue weighted by atomic mass is 10.3. The van der Waals surface area contributed by atoms with Crippen molar-refractivity contribution in [2.45, 2.75) is 11.3 Å². The van der Waals surface area contributed by atoms with Crippen molar-refractivity contribution in [3.05, 3.63) is 24.3 Å². The fourth-order valence-corrected chi connectivity index (χ4v) is 2.18. The number of tetrazole rings is 1. The summed E-state index contributed by atoms with van der Waals surface area (Å²) in [5.41, 5.74) is 0. The van der Waals surface area contributed by atoms with E-state index < -0.39 is 6.10 Å². The maximum Gasteiger partial charge on any atom is 0.209 e. The van der Waals surface area contributed by atoms with Gasteiger partial charge >= 0.3 is 0 Å². The first-order valence-corrected chi connectivity index (χ1v) is 6.97. The number of aliphatic hydroxyl groups excluding tert-OH is 1. The van der Waals surface area contributed by atoms with Gasteiger partial charge in [0.25, 0.3) is 0 Å². The Morgan fingerprint density at radius 2 is 2.00 bits per heavy atom. The van der Waals surface area contributed by atoms with Gasteiger partial charge in [-0.05, 0) is 34.7 Å². The number of thioether (sulfide) groups is 1. The van der Waals surface area contributed by atoms with Crippen LogP contribution in [0.2, 0.25) is 0 Å². The summed E-state index contributed by atoms with van der Waals surface area (Å²) in [5.74, 6) is 1.92. The van der Waals surface area contributed by atoms with E-state index in [1.54, 1.807) is 31.0 Å². The molecule has 0 bridgehead atoms. The number of rotatable bonds is 7. The average Bonchev–Trinajstić information content (AvgIpc) is 2.89. The number of hydrogen-bond donors (Lipinski definition) is 1. The third-order valence-electron chi connectivity index (χ3n) is 2.49. The molecule has 0 saturated heterocycles. The molecular formula is C12H16N4O3S. The Morgan fingerprint density at radius 3 is 2.60 bits per heavy atom. The monoisotopic (exact) mass is 296 g/mol. The van der Waals surface area contributed by atoms with Crippen molar-refractivity contribution in [2.24, 2.45) is 7.05 Å². The van der Waals surface area contributed by atoms with Crippen LogP contribution < -0.4 is 9.47 Å². The molecule has 0 aliphatic carbocycles. The number of aromatic nitrogens is 4. The second kappa shape index (κ2) is 7.11. The van der Waals surface area contributed by atoms with Crippen LogP contribution in [-0.2, 0) is 7.05 Å². The highest BCUT2D eigenvalue weighted by Gasteiger charge is 2.09. The molecule has 0 spiro atoms. The van der Waals surface area contributed by atoms with Crippen LogP contribution in [0.15, 0.2) is 29.4 Å². The van der Waals surface area contributed by atoms with Crippen LogP contribution in [0.1, 0.15) is 0 Å². The highest BCUT2D eigenvalue weighted by molar-refractivity contribution is 7.99. The predicted molar refractivity (Wildman–Crippen MR) is 74.0 cm³/mol. The summed E-state index contributed by atoms with van der Waals surface area (Å²) in [6.45, 7) is 0.213. The summed E-state index contributed by atoms with van der Waals surface area (Å²) in [6.07, 6.45) is -0.598. The third-order valence-corrected chi connectivity index (χ3v) is 3.64. The van der Waals surface area contributed by atoms with Gasteiger partial charge in [-0.25, -0.2) is 4.68 Å². The van der Waals surface area contributed by atoms with Gasteiger partial charge in [0.15, 0.2) is 0 Å². The van der Waals surface area contributed by atoms with Gasteiger partial charge in [0.1, 0.15) is 18.1 Å². The average molecular weight is 296 g/mol.